The highest BCUT2D eigenvalue weighted by Crippen LogP contribution is 2.32. The van der Waals surface area contributed by atoms with E-state index in [1.54, 1.807) is 6.07 Å². The molecule has 0 aliphatic rings. The van der Waals surface area contributed by atoms with Crippen molar-refractivity contribution in [3.05, 3.63) is 68.8 Å². The zero-order valence-electron chi connectivity index (χ0n) is 16.0. The van der Waals surface area contributed by atoms with E-state index in [9.17, 15) is 27.2 Å². The molecule has 0 radical (unpaired) electrons. The van der Waals surface area contributed by atoms with Crippen LogP contribution >= 0.6 is 11.8 Å². The number of nitrogens with zero attached hydrogens (tertiary/aromatic N) is 1. The van der Waals surface area contributed by atoms with E-state index in [1.165, 1.54) is 11.8 Å². The number of alkyl halides is 1. The fourth-order valence-electron chi connectivity index (χ4n) is 2.99. The van der Waals surface area contributed by atoms with Crippen molar-refractivity contribution in [2.24, 2.45) is 0 Å². The van der Waals surface area contributed by atoms with Crippen LogP contribution in [0.4, 0.5) is 22.0 Å². The maximum Gasteiger partial charge on any atom is 0.197 e. The number of halogens is 5. The van der Waals surface area contributed by atoms with Crippen molar-refractivity contribution < 1.29 is 22.0 Å². The molecule has 7 heteroatoms. The predicted molar refractivity (Wildman–Crippen MR) is 101 cm³/mol. The minimum absolute atomic E-state index is 0.247. The van der Waals surface area contributed by atoms with Crippen LogP contribution in [-0.4, -0.2) is 6.26 Å². The summed E-state index contributed by atoms with van der Waals surface area (Å²) in [6.45, 7) is 4.36. The largest absolute Gasteiger partial charge is 0.246 e. The Hall–Kier alpha value is -2.07. The molecule has 0 bridgehead atoms. The summed E-state index contributed by atoms with van der Waals surface area (Å²) in [5, 5.41) is 9.61. The highest BCUT2D eigenvalue weighted by atomic mass is 32.2. The smallest absolute Gasteiger partial charge is 0.197 e. The molecule has 0 N–H and O–H groups in total. The van der Waals surface area contributed by atoms with Gasteiger partial charge in [-0.2, -0.15) is 17.0 Å². The summed E-state index contributed by atoms with van der Waals surface area (Å²) < 4.78 is 68.9. The van der Waals surface area contributed by atoms with Gasteiger partial charge in [0.15, 0.2) is 23.3 Å². The fourth-order valence-corrected chi connectivity index (χ4v) is 3.53. The maximum absolute atomic E-state index is 14.4. The molecule has 0 atom stereocenters. The molecule has 150 valence electrons. The second-order valence-electron chi connectivity index (χ2n) is 7.49. The summed E-state index contributed by atoms with van der Waals surface area (Å²) in [6, 6.07) is 5.58. The zero-order chi connectivity index (χ0) is 21.2. The average Bonchev–Trinajstić information content (AvgIpc) is 2.64. The molecule has 2 aromatic rings. The van der Waals surface area contributed by atoms with E-state index >= 15 is 0 Å². The van der Waals surface area contributed by atoms with Gasteiger partial charge in [-0.25, -0.2) is 22.0 Å². The zero-order valence-corrected chi connectivity index (χ0v) is 16.8. The van der Waals surface area contributed by atoms with Crippen LogP contribution in [0.1, 0.15) is 54.2 Å². The molecule has 0 fully saturated rings. The van der Waals surface area contributed by atoms with Gasteiger partial charge in [-0.15, -0.1) is 0 Å². The van der Waals surface area contributed by atoms with Gasteiger partial charge in [-0.1, -0.05) is 32.9 Å². The van der Waals surface area contributed by atoms with Gasteiger partial charge in [0.1, 0.15) is 6.67 Å². The summed E-state index contributed by atoms with van der Waals surface area (Å²) in [5.41, 5.74) is 0.314. The van der Waals surface area contributed by atoms with Gasteiger partial charge in [0.25, 0.3) is 0 Å². The predicted octanol–water partition coefficient (Wildman–Crippen LogP) is 6.34. The molecule has 0 heterocycles. The Morgan fingerprint density at radius 2 is 1.46 bits per heavy atom. The van der Waals surface area contributed by atoms with E-state index in [-0.39, 0.29) is 11.0 Å². The quantitative estimate of drug-likeness (QED) is 0.325. The molecular formula is C21H20F5NS. The highest BCUT2D eigenvalue weighted by molar-refractivity contribution is 7.97. The molecule has 0 aliphatic carbocycles. The third-order valence-corrected chi connectivity index (χ3v) is 5.15. The Morgan fingerprint density at radius 1 is 0.929 bits per heavy atom. The molecule has 0 aromatic heterocycles. The third-order valence-electron chi connectivity index (χ3n) is 4.55. The van der Waals surface area contributed by atoms with Crippen molar-refractivity contribution in [2.75, 3.05) is 6.26 Å². The molecule has 1 nitrogen and oxygen atoms in total. The summed E-state index contributed by atoms with van der Waals surface area (Å²) >= 11 is 1.48. The lowest BCUT2D eigenvalue weighted by Gasteiger charge is -2.23. The first-order valence-corrected chi connectivity index (χ1v) is 9.91. The van der Waals surface area contributed by atoms with E-state index in [4.69, 9.17) is 0 Å². The van der Waals surface area contributed by atoms with Crippen LogP contribution in [0.5, 0.6) is 0 Å². The Morgan fingerprint density at radius 3 is 1.93 bits per heavy atom. The first kappa shape index (κ1) is 22.2. The standard InChI is InChI=1S/C21H20F5NS/c1-21(2,3)13-5-11(16(9-27)12(6-13)10-28-4)7-14-15(8-22)18(24)20(26)19(25)17(14)23/h5-6H,7-8,10H2,1-4H3. The SMILES string of the molecule is CSCc1cc(C(C)(C)C)cc(Cc2c(F)c(F)c(F)c(F)c2CF)c1C#N. The molecule has 28 heavy (non-hydrogen) atoms. The van der Waals surface area contributed by atoms with Gasteiger partial charge in [0, 0.05) is 23.3 Å². The van der Waals surface area contributed by atoms with Crippen LogP contribution in [0.25, 0.3) is 0 Å². The summed E-state index contributed by atoms with van der Waals surface area (Å²) in [7, 11) is 0. The number of benzene rings is 2. The molecule has 0 saturated heterocycles. The van der Waals surface area contributed by atoms with Crippen LogP contribution in [0, 0.1) is 34.6 Å². The summed E-state index contributed by atoms with van der Waals surface area (Å²) in [5.74, 6) is -6.90. The number of thioether (sulfide) groups is 1. The second kappa shape index (κ2) is 8.52. The fraction of sp³-hybridized carbons (Fsp3) is 0.381. The van der Waals surface area contributed by atoms with Gasteiger partial charge in [0.2, 0.25) is 0 Å². The Labute approximate surface area is 165 Å². The number of nitriles is 1. The summed E-state index contributed by atoms with van der Waals surface area (Å²) in [6.07, 6.45) is 1.43. The Bertz CT molecular complexity index is 942. The topological polar surface area (TPSA) is 23.8 Å². The van der Waals surface area contributed by atoms with E-state index in [2.05, 4.69) is 6.07 Å². The molecule has 0 unspecified atom stereocenters. The lowest BCUT2D eigenvalue weighted by Crippen LogP contribution is -2.14. The lowest BCUT2D eigenvalue weighted by atomic mass is 9.82. The van der Waals surface area contributed by atoms with Gasteiger partial charge in [-0.3, -0.25) is 0 Å². The third kappa shape index (κ3) is 4.17. The summed E-state index contributed by atoms with van der Waals surface area (Å²) in [4.78, 5) is 0. The minimum Gasteiger partial charge on any atom is -0.246 e. The first-order chi connectivity index (χ1) is 13.1. The lowest BCUT2D eigenvalue weighted by molar-refractivity contribution is 0.382. The van der Waals surface area contributed by atoms with Crippen LogP contribution in [0.2, 0.25) is 0 Å². The normalized spacial score (nSPS) is 11.6. The van der Waals surface area contributed by atoms with E-state index in [0.717, 1.165) is 5.56 Å². The first-order valence-electron chi connectivity index (χ1n) is 8.51. The Balaban J connectivity index is 2.77. The second-order valence-corrected chi connectivity index (χ2v) is 8.35. The number of hydrogen-bond donors (Lipinski definition) is 0. The molecule has 0 aliphatic heterocycles. The highest BCUT2D eigenvalue weighted by Gasteiger charge is 2.27. The van der Waals surface area contributed by atoms with Gasteiger partial charge >= 0.3 is 0 Å². The average molecular weight is 413 g/mol. The van der Waals surface area contributed by atoms with Crippen molar-refractivity contribution >= 4 is 11.8 Å². The van der Waals surface area contributed by atoms with Crippen molar-refractivity contribution in [3.8, 4) is 6.07 Å². The van der Waals surface area contributed by atoms with E-state index < -0.39 is 47.5 Å². The van der Waals surface area contributed by atoms with Crippen molar-refractivity contribution in [1.29, 1.82) is 5.26 Å². The molecule has 0 spiro atoms. The number of hydrogen-bond acceptors (Lipinski definition) is 2. The van der Waals surface area contributed by atoms with Crippen LogP contribution < -0.4 is 0 Å². The maximum atomic E-state index is 14.4. The van der Waals surface area contributed by atoms with Crippen LogP contribution in [0.15, 0.2) is 12.1 Å². The van der Waals surface area contributed by atoms with Crippen molar-refractivity contribution in [3.63, 3.8) is 0 Å². The minimum atomic E-state index is -2.04. The molecule has 0 saturated carbocycles. The van der Waals surface area contributed by atoms with Crippen LogP contribution in [-0.2, 0) is 24.3 Å². The van der Waals surface area contributed by atoms with Crippen molar-refractivity contribution in [1.82, 2.24) is 0 Å². The molecule has 2 rings (SSSR count). The van der Waals surface area contributed by atoms with Gasteiger partial charge in [0.05, 0.1) is 11.6 Å². The monoisotopic (exact) mass is 413 g/mol. The molecular weight excluding hydrogens is 393 g/mol. The van der Waals surface area contributed by atoms with Crippen molar-refractivity contribution in [2.45, 2.75) is 45.0 Å². The van der Waals surface area contributed by atoms with E-state index in [1.807, 2.05) is 33.1 Å². The number of rotatable bonds is 5. The molecule has 0 amide bonds. The Kier molecular flexibility index (Phi) is 6.76. The van der Waals surface area contributed by atoms with Gasteiger partial charge in [-0.05, 0) is 28.4 Å². The van der Waals surface area contributed by atoms with E-state index in [0.29, 0.717) is 16.9 Å². The van der Waals surface area contributed by atoms with Gasteiger partial charge < -0.3 is 0 Å². The molecule has 2 aromatic carbocycles. The van der Waals surface area contributed by atoms with Crippen LogP contribution in [0.3, 0.4) is 0 Å².